The van der Waals surface area contributed by atoms with Crippen molar-refractivity contribution in [2.45, 2.75) is 19.8 Å². The Labute approximate surface area is 131 Å². The number of nitrogens with zero attached hydrogens (tertiary/aromatic N) is 1. The van der Waals surface area contributed by atoms with Gasteiger partial charge in [-0.15, -0.1) is 0 Å². The summed E-state index contributed by atoms with van der Waals surface area (Å²) in [5.41, 5.74) is 2.49. The van der Waals surface area contributed by atoms with E-state index in [2.05, 4.69) is 17.2 Å². The quantitative estimate of drug-likeness (QED) is 0.785. The van der Waals surface area contributed by atoms with Gasteiger partial charge in [0.1, 0.15) is 11.3 Å². The van der Waals surface area contributed by atoms with Gasteiger partial charge in [-0.1, -0.05) is 48.6 Å². The van der Waals surface area contributed by atoms with Crippen molar-refractivity contribution >= 4 is 32.6 Å². The second-order valence-electron chi connectivity index (χ2n) is 5.00. The third-order valence-electron chi connectivity index (χ3n) is 3.41. The summed E-state index contributed by atoms with van der Waals surface area (Å²) in [5, 5.41) is 3.16. The summed E-state index contributed by atoms with van der Waals surface area (Å²) in [7, 11) is 0. The molecule has 0 atom stereocenters. The van der Waals surface area contributed by atoms with E-state index in [1.54, 1.807) is 12.1 Å². The number of aromatic nitrogens is 1. The minimum Gasteiger partial charge on any atom is -0.302 e. The van der Waals surface area contributed by atoms with E-state index in [1.807, 2.05) is 24.3 Å². The number of para-hydroxylation sites is 1. The smallest absolute Gasteiger partial charge is 0.230 e. The van der Waals surface area contributed by atoms with E-state index in [-0.39, 0.29) is 18.1 Å². The fourth-order valence-electron chi connectivity index (χ4n) is 2.21. The first-order valence-electron chi connectivity index (χ1n) is 7.08. The number of aryl methyl sites for hydroxylation is 1. The first-order chi connectivity index (χ1) is 10.7. The van der Waals surface area contributed by atoms with Crippen molar-refractivity contribution in [1.82, 2.24) is 4.98 Å². The average Bonchev–Trinajstić information content (AvgIpc) is 2.92. The number of thiazole rings is 1. The molecule has 3 aromatic rings. The minimum atomic E-state index is -0.371. The lowest BCUT2D eigenvalue weighted by Gasteiger charge is -2.03. The number of fused-ring (bicyclic) bond motifs is 1. The number of hydrogen-bond acceptors (Lipinski definition) is 3. The third kappa shape index (κ3) is 3.14. The number of amides is 1. The molecule has 1 heterocycles. The van der Waals surface area contributed by atoms with Crippen LogP contribution in [0, 0.1) is 5.82 Å². The number of anilines is 1. The van der Waals surface area contributed by atoms with E-state index in [0.29, 0.717) is 10.6 Å². The maximum absolute atomic E-state index is 13.6. The number of rotatable bonds is 4. The van der Waals surface area contributed by atoms with Crippen LogP contribution in [0.5, 0.6) is 0 Å². The molecule has 0 aliphatic rings. The number of halogens is 1. The lowest BCUT2D eigenvalue weighted by molar-refractivity contribution is -0.115. The Balaban J connectivity index is 1.71. The number of carbonyl (C=O) groups is 1. The summed E-state index contributed by atoms with van der Waals surface area (Å²) >= 11 is 1.27. The van der Waals surface area contributed by atoms with Crippen LogP contribution in [-0.2, 0) is 17.6 Å². The highest BCUT2D eigenvalue weighted by Crippen LogP contribution is 2.27. The van der Waals surface area contributed by atoms with E-state index >= 15 is 0 Å². The van der Waals surface area contributed by atoms with Crippen LogP contribution >= 0.6 is 11.3 Å². The average molecular weight is 314 g/mol. The molecule has 0 spiro atoms. The number of nitrogens with one attached hydrogen (secondary N) is 1. The lowest BCUT2D eigenvalue weighted by atomic mass is 10.1. The Kier molecular flexibility index (Phi) is 4.15. The fourth-order valence-corrected chi connectivity index (χ4v) is 3.11. The Morgan fingerprint density at radius 2 is 1.91 bits per heavy atom. The summed E-state index contributed by atoms with van der Waals surface area (Å²) in [6, 6.07) is 12.7. The standard InChI is InChI=1S/C17H15FN2OS/c1-2-11-6-8-12(9-7-11)10-15(21)19-17-20-16-13(18)4-3-5-14(16)22-17/h3-9H,2,10H2,1H3,(H,19,20,21). The van der Waals surface area contributed by atoms with Crippen LogP contribution in [0.3, 0.4) is 0 Å². The van der Waals surface area contributed by atoms with Crippen molar-refractivity contribution in [3.8, 4) is 0 Å². The Bertz CT molecular complexity index is 811. The topological polar surface area (TPSA) is 42.0 Å². The molecule has 0 aliphatic heterocycles. The van der Waals surface area contributed by atoms with Crippen molar-refractivity contribution in [3.05, 3.63) is 59.4 Å². The number of carbonyl (C=O) groups excluding carboxylic acids is 1. The summed E-state index contributed by atoms with van der Waals surface area (Å²) in [5.74, 6) is -0.520. The van der Waals surface area contributed by atoms with Crippen LogP contribution < -0.4 is 5.32 Å². The van der Waals surface area contributed by atoms with E-state index in [9.17, 15) is 9.18 Å². The molecule has 5 heteroatoms. The first-order valence-corrected chi connectivity index (χ1v) is 7.90. The second-order valence-corrected chi connectivity index (χ2v) is 6.03. The van der Waals surface area contributed by atoms with Gasteiger partial charge in [-0.05, 0) is 29.7 Å². The van der Waals surface area contributed by atoms with Gasteiger partial charge in [0.2, 0.25) is 5.91 Å². The molecule has 1 amide bonds. The highest BCUT2D eigenvalue weighted by Gasteiger charge is 2.11. The molecule has 0 saturated carbocycles. The van der Waals surface area contributed by atoms with Crippen molar-refractivity contribution in [1.29, 1.82) is 0 Å². The van der Waals surface area contributed by atoms with Crippen LogP contribution in [0.15, 0.2) is 42.5 Å². The maximum atomic E-state index is 13.6. The van der Waals surface area contributed by atoms with Gasteiger partial charge in [-0.2, -0.15) is 0 Å². The maximum Gasteiger partial charge on any atom is 0.230 e. The Morgan fingerprint density at radius 1 is 1.18 bits per heavy atom. The van der Waals surface area contributed by atoms with Crippen LogP contribution in [0.25, 0.3) is 10.2 Å². The van der Waals surface area contributed by atoms with Crippen molar-refractivity contribution in [3.63, 3.8) is 0 Å². The number of benzene rings is 2. The molecular formula is C17H15FN2OS. The van der Waals surface area contributed by atoms with Gasteiger partial charge in [-0.3, -0.25) is 4.79 Å². The predicted molar refractivity (Wildman–Crippen MR) is 87.7 cm³/mol. The molecule has 0 bridgehead atoms. The van der Waals surface area contributed by atoms with Crippen molar-refractivity contribution in [2.24, 2.45) is 0 Å². The molecule has 2 aromatic carbocycles. The fraction of sp³-hybridized carbons (Fsp3) is 0.176. The SMILES string of the molecule is CCc1ccc(CC(=O)Nc2nc3c(F)cccc3s2)cc1. The van der Waals surface area contributed by atoms with Crippen LogP contribution in [0.4, 0.5) is 9.52 Å². The molecule has 1 aromatic heterocycles. The van der Waals surface area contributed by atoms with Crippen molar-refractivity contribution < 1.29 is 9.18 Å². The molecule has 0 saturated heterocycles. The van der Waals surface area contributed by atoms with Gasteiger partial charge in [0.15, 0.2) is 5.13 Å². The molecule has 0 fully saturated rings. The highest BCUT2D eigenvalue weighted by atomic mass is 32.1. The predicted octanol–water partition coefficient (Wildman–Crippen LogP) is 4.18. The molecule has 0 aliphatic carbocycles. The van der Waals surface area contributed by atoms with Gasteiger partial charge in [0, 0.05) is 0 Å². The zero-order chi connectivity index (χ0) is 15.5. The Hall–Kier alpha value is -2.27. The Morgan fingerprint density at radius 3 is 2.59 bits per heavy atom. The summed E-state index contributed by atoms with van der Waals surface area (Å²) in [6.45, 7) is 2.09. The van der Waals surface area contributed by atoms with Crippen molar-refractivity contribution in [2.75, 3.05) is 5.32 Å². The van der Waals surface area contributed by atoms with Gasteiger partial charge < -0.3 is 5.32 Å². The monoisotopic (exact) mass is 314 g/mol. The molecule has 22 heavy (non-hydrogen) atoms. The molecule has 3 rings (SSSR count). The summed E-state index contributed by atoms with van der Waals surface area (Å²) in [4.78, 5) is 16.2. The molecule has 112 valence electrons. The largest absolute Gasteiger partial charge is 0.302 e. The van der Waals surface area contributed by atoms with E-state index < -0.39 is 0 Å². The minimum absolute atomic E-state index is 0.149. The molecule has 1 N–H and O–H groups in total. The van der Waals surface area contributed by atoms with Crippen LogP contribution in [0.2, 0.25) is 0 Å². The lowest BCUT2D eigenvalue weighted by Crippen LogP contribution is -2.14. The van der Waals surface area contributed by atoms with Gasteiger partial charge >= 0.3 is 0 Å². The molecule has 0 unspecified atom stereocenters. The molecule has 3 nitrogen and oxygen atoms in total. The van der Waals surface area contributed by atoms with Crippen LogP contribution in [-0.4, -0.2) is 10.9 Å². The van der Waals surface area contributed by atoms with Crippen LogP contribution in [0.1, 0.15) is 18.1 Å². The van der Waals surface area contributed by atoms with Gasteiger partial charge in [-0.25, -0.2) is 9.37 Å². The summed E-state index contributed by atoms with van der Waals surface area (Å²) in [6.07, 6.45) is 1.26. The van der Waals surface area contributed by atoms with Gasteiger partial charge in [0.05, 0.1) is 11.1 Å². The zero-order valence-corrected chi connectivity index (χ0v) is 12.9. The number of hydrogen-bond donors (Lipinski definition) is 1. The highest BCUT2D eigenvalue weighted by molar-refractivity contribution is 7.22. The molecular weight excluding hydrogens is 299 g/mol. The van der Waals surface area contributed by atoms with E-state index in [0.717, 1.165) is 16.7 Å². The second kappa shape index (κ2) is 6.23. The first kappa shape index (κ1) is 14.7. The van der Waals surface area contributed by atoms with E-state index in [1.165, 1.54) is 23.0 Å². The zero-order valence-electron chi connectivity index (χ0n) is 12.1. The van der Waals surface area contributed by atoms with Gasteiger partial charge in [0.25, 0.3) is 0 Å². The molecule has 0 radical (unpaired) electrons. The third-order valence-corrected chi connectivity index (χ3v) is 4.35. The van der Waals surface area contributed by atoms with E-state index in [4.69, 9.17) is 0 Å². The normalized spacial score (nSPS) is 10.8. The summed E-state index contributed by atoms with van der Waals surface area (Å²) < 4.78 is 14.3.